The van der Waals surface area contributed by atoms with Crippen molar-refractivity contribution in [2.24, 2.45) is 0 Å². The number of rotatable bonds is 7. The monoisotopic (exact) mass is 327 g/mol. The number of thiophene rings is 1. The number of hydrogen-bond donors (Lipinski definition) is 1. The van der Waals surface area contributed by atoms with Gasteiger partial charge in [-0.05, 0) is 54.5 Å². The lowest BCUT2D eigenvalue weighted by Gasteiger charge is -2.05. The zero-order valence-electron chi connectivity index (χ0n) is 12.8. The molecule has 1 aromatic heterocycles. The summed E-state index contributed by atoms with van der Waals surface area (Å²) >= 11 is 1.44. The van der Waals surface area contributed by atoms with Gasteiger partial charge in [0.2, 0.25) is 0 Å². The van der Waals surface area contributed by atoms with Crippen LogP contribution in [-0.2, 0) is 4.79 Å². The molecule has 1 aromatic carbocycles. The number of nitriles is 1. The molecule has 2 aromatic rings. The van der Waals surface area contributed by atoms with Crippen molar-refractivity contribution >= 4 is 23.4 Å². The van der Waals surface area contributed by atoms with E-state index in [1.165, 1.54) is 17.4 Å². The predicted molar refractivity (Wildman–Crippen MR) is 91.4 cm³/mol. The number of nitrogens with zero attached hydrogens (tertiary/aromatic N) is 1. The molecule has 5 heteroatoms. The summed E-state index contributed by atoms with van der Waals surface area (Å²) in [6, 6.07) is 13.2. The van der Waals surface area contributed by atoms with Crippen LogP contribution in [0.25, 0.3) is 16.5 Å². The Hall–Kier alpha value is -2.58. The van der Waals surface area contributed by atoms with E-state index in [1.54, 1.807) is 6.07 Å². The molecule has 0 atom stereocenters. The molecule has 0 spiro atoms. The van der Waals surface area contributed by atoms with E-state index in [2.05, 4.69) is 6.92 Å². The molecule has 0 aliphatic rings. The van der Waals surface area contributed by atoms with Crippen LogP contribution in [0.15, 0.2) is 42.0 Å². The fourth-order valence-corrected chi connectivity index (χ4v) is 2.88. The molecule has 0 aliphatic heterocycles. The highest BCUT2D eigenvalue weighted by atomic mass is 32.1. The Morgan fingerprint density at radius 3 is 2.65 bits per heavy atom. The first kappa shape index (κ1) is 16.8. The second kappa shape index (κ2) is 8.16. The fourth-order valence-electron chi connectivity index (χ4n) is 1.92. The van der Waals surface area contributed by atoms with E-state index in [9.17, 15) is 4.79 Å². The van der Waals surface area contributed by atoms with E-state index >= 15 is 0 Å². The molecule has 0 radical (unpaired) electrons. The SMILES string of the molecule is CCCCOc1ccc(-c2ccc(/C=C(\C#N)C(=O)O)s2)cc1. The normalized spacial score (nSPS) is 11.0. The van der Waals surface area contributed by atoms with Gasteiger partial charge in [-0.25, -0.2) is 4.79 Å². The molecule has 0 saturated carbocycles. The number of benzene rings is 1. The van der Waals surface area contributed by atoms with Crippen molar-refractivity contribution in [1.29, 1.82) is 5.26 Å². The van der Waals surface area contributed by atoms with Crippen LogP contribution < -0.4 is 4.74 Å². The number of carboxylic acid groups (broad SMARTS) is 1. The highest BCUT2D eigenvalue weighted by molar-refractivity contribution is 7.16. The van der Waals surface area contributed by atoms with Gasteiger partial charge in [-0.1, -0.05) is 13.3 Å². The second-order valence-electron chi connectivity index (χ2n) is 4.90. The largest absolute Gasteiger partial charge is 0.494 e. The van der Waals surface area contributed by atoms with Gasteiger partial charge in [0.25, 0.3) is 0 Å². The molecule has 0 bridgehead atoms. The smallest absolute Gasteiger partial charge is 0.346 e. The third-order valence-electron chi connectivity index (χ3n) is 3.17. The Labute approximate surface area is 139 Å². The number of carbonyl (C=O) groups is 1. The van der Waals surface area contributed by atoms with Crippen molar-refractivity contribution in [3.8, 4) is 22.3 Å². The Balaban J connectivity index is 2.11. The Kier molecular flexibility index (Phi) is 5.95. The van der Waals surface area contributed by atoms with E-state index in [1.807, 2.05) is 36.4 Å². The van der Waals surface area contributed by atoms with E-state index < -0.39 is 5.97 Å². The Bertz CT molecular complexity index is 738. The first-order valence-corrected chi connectivity index (χ1v) is 8.14. The van der Waals surface area contributed by atoms with Gasteiger partial charge in [0.1, 0.15) is 17.4 Å². The van der Waals surface area contributed by atoms with Crippen molar-refractivity contribution in [1.82, 2.24) is 0 Å². The van der Waals surface area contributed by atoms with Gasteiger partial charge in [0, 0.05) is 9.75 Å². The minimum absolute atomic E-state index is 0.266. The molecule has 1 N–H and O–H groups in total. The van der Waals surface area contributed by atoms with Crippen LogP contribution in [0.5, 0.6) is 5.75 Å². The van der Waals surface area contributed by atoms with Crippen LogP contribution in [0.3, 0.4) is 0 Å². The highest BCUT2D eigenvalue weighted by Gasteiger charge is 2.08. The summed E-state index contributed by atoms with van der Waals surface area (Å²) in [4.78, 5) is 12.6. The Morgan fingerprint density at radius 2 is 2.04 bits per heavy atom. The average molecular weight is 327 g/mol. The van der Waals surface area contributed by atoms with Gasteiger partial charge in [-0.3, -0.25) is 0 Å². The lowest BCUT2D eigenvalue weighted by atomic mass is 10.2. The molecule has 0 aliphatic carbocycles. The maximum Gasteiger partial charge on any atom is 0.346 e. The Morgan fingerprint density at radius 1 is 1.30 bits per heavy atom. The molecule has 2 rings (SSSR count). The van der Waals surface area contributed by atoms with Crippen LogP contribution in [-0.4, -0.2) is 17.7 Å². The van der Waals surface area contributed by atoms with E-state index in [-0.39, 0.29) is 5.57 Å². The second-order valence-corrected chi connectivity index (χ2v) is 6.02. The first-order chi connectivity index (χ1) is 11.1. The molecule has 1 heterocycles. The molecule has 4 nitrogen and oxygen atoms in total. The minimum Gasteiger partial charge on any atom is -0.494 e. The van der Waals surface area contributed by atoms with Crippen molar-refractivity contribution in [3.05, 3.63) is 46.8 Å². The van der Waals surface area contributed by atoms with Gasteiger partial charge in [-0.15, -0.1) is 11.3 Å². The van der Waals surface area contributed by atoms with Gasteiger partial charge in [-0.2, -0.15) is 5.26 Å². The zero-order valence-corrected chi connectivity index (χ0v) is 13.6. The summed E-state index contributed by atoms with van der Waals surface area (Å²) in [5.74, 6) is -0.368. The van der Waals surface area contributed by atoms with Crippen LogP contribution in [0.2, 0.25) is 0 Å². The first-order valence-electron chi connectivity index (χ1n) is 7.32. The number of aliphatic carboxylic acids is 1. The van der Waals surface area contributed by atoms with Crippen molar-refractivity contribution in [2.75, 3.05) is 6.61 Å². The van der Waals surface area contributed by atoms with Crippen LogP contribution in [0, 0.1) is 11.3 Å². The van der Waals surface area contributed by atoms with Crippen LogP contribution in [0.4, 0.5) is 0 Å². The van der Waals surface area contributed by atoms with Gasteiger partial charge in [0.05, 0.1) is 6.61 Å². The summed E-state index contributed by atoms with van der Waals surface area (Å²) in [6.07, 6.45) is 3.52. The predicted octanol–water partition coefficient (Wildman–Crippen LogP) is 4.59. The van der Waals surface area contributed by atoms with Crippen molar-refractivity contribution in [3.63, 3.8) is 0 Å². The minimum atomic E-state index is -1.21. The molecule has 0 amide bonds. The van der Waals surface area contributed by atoms with E-state index in [0.717, 1.165) is 40.5 Å². The summed E-state index contributed by atoms with van der Waals surface area (Å²) in [7, 11) is 0. The summed E-state index contributed by atoms with van der Waals surface area (Å²) in [5.41, 5.74) is 0.768. The lowest BCUT2D eigenvalue weighted by molar-refractivity contribution is -0.132. The van der Waals surface area contributed by atoms with E-state index in [4.69, 9.17) is 15.1 Å². The number of carboxylic acids is 1. The van der Waals surface area contributed by atoms with E-state index in [0.29, 0.717) is 0 Å². The molecule has 118 valence electrons. The number of hydrogen-bond acceptors (Lipinski definition) is 4. The number of ether oxygens (including phenoxy) is 1. The maximum atomic E-state index is 10.9. The molecular weight excluding hydrogens is 310 g/mol. The summed E-state index contributed by atoms with van der Waals surface area (Å²) in [5, 5.41) is 17.7. The van der Waals surface area contributed by atoms with Crippen molar-refractivity contribution < 1.29 is 14.6 Å². The zero-order chi connectivity index (χ0) is 16.7. The standard InChI is InChI=1S/C18H17NO3S/c1-2-3-10-22-15-6-4-13(5-7-15)17-9-8-16(23-17)11-14(12-19)18(20)21/h4-9,11H,2-3,10H2,1H3,(H,20,21)/b14-11+. The quantitative estimate of drug-likeness (QED) is 0.459. The topological polar surface area (TPSA) is 70.3 Å². The summed E-state index contributed by atoms with van der Waals surface area (Å²) in [6.45, 7) is 2.84. The highest BCUT2D eigenvalue weighted by Crippen LogP contribution is 2.30. The third kappa shape index (κ3) is 4.70. The average Bonchev–Trinajstić information content (AvgIpc) is 3.02. The van der Waals surface area contributed by atoms with Gasteiger partial charge in [0.15, 0.2) is 0 Å². The molecular formula is C18H17NO3S. The van der Waals surface area contributed by atoms with Crippen molar-refractivity contribution in [2.45, 2.75) is 19.8 Å². The van der Waals surface area contributed by atoms with Gasteiger partial charge >= 0.3 is 5.97 Å². The molecule has 0 saturated heterocycles. The van der Waals surface area contributed by atoms with Crippen LogP contribution in [0.1, 0.15) is 24.6 Å². The number of unbranched alkanes of at least 4 members (excludes halogenated alkanes) is 1. The van der Waals surface area contributed by atoms with Crippen LogP contribution >= 0.6 is 11.3 Å². The summed E-state index contributed by atoms with van der Waals surface area (Å²) < 4.78 is 5.63. The molecule has 0 unspecified atom stereocenters. The van der Waals surface area contributed by atoms with Gasteiger partial charge < -0.3 is 9.84 Å². The molecule has 23 heavy (non-hydrogen) atoms. The maximum absolute atomic E-state index is 10.9. The lowest BCUT2D eigenvalue weighted by Crippen LogP contribution is -1.96. The molecule has 0 fully saturated rings. The fraction of sp³-hybridized carbons (Fsp3) is 0.222. The third-order valence-corrected chi connectivity index (χ3v) is 4.25.